The standard InChI is InChI=1S/C15H32N2O2S/c1-6-16-13(2)14-8-7-9-17(12-14)10-11-20(18,19)15(3,4)5/h13-14,16H,6-12H2,1-5H3. The molecule has 5 heteroatoms. The van der Waals surface area contributed by atoms with Crippen molar-refractivity contribution in [1.29, 1.82) is 0 Å². The van der Waals surface area contributed by atoms with Crippen LogP contribution in [0.3, 0.4) is 0 Å². The molecule has 0 radical (unpaired) electrons. The summed E-state index contributed by atoms with van der Waals surface area (Å²) in [5.41, 5.74) is 0. The van der Waals surface area contributed by atoms with E-state index >= 15 is 0 Å². The minimum atomic E-state index is -3.00. The molecule has 0 aliphatic carbocycles. The zero-order valence-electron chi connectivity index (χ0n) is 13.8. The van der Waals surface area contributed by atoms with Gasteiger partial charge in [0.05, 0.1) is 10.5 Å². The maximum Gasteiger partial charge on any atom is 0.156 e. The van der Waals surface area contributed by atoms with Crippen molar-refractivity contribution >= 4 is 9.84 Å². The number of likely N-dealkylation sites (tertiary alicyclic amines) is 1. The lowest BCUT2D eigenvalue weighted by atomic mass is 9.91. The quantitative estimate of drug-likeness (QED) is 0.814. The third kappa shape index (κ3) is 5.01. The van der Waals surface area contributed by atoms with Gasteiger partial charge in [0.25, 0.3) is 0 Å². The molecule has 20 heavy (non-hydrogen) atoms. The lowest BCUT2D eigenvalue weighted by molar-refractivity contribution is 0.158. The van der Waals surface area contributed by atoms with Crippen molar-refractivity contribution in [2.24, 2.45) is 5.92 Å². The van der Waals surface area contributed by atoms with Gasteiger partial charge in [0, 0.05) is 19.1 Å². The second-order valence-electron chi connectivity index (χ2n) is 6.98. The van der Waals surface area contributed by atoms with Gasteiger partial charge in [-0.15, -0.1) is 0 Å². The summed E-state index contributed by atoms with van der Waals surface area (Å²) in [4.78, 5) is 2.32. The smallest absolute Gasteiger partial charge is 0.156 e. The van der Waals surface area contributed by atoms with Crippen molar-refractivity contribution in [2.75, 3.05) is 31.9 Å². The number of nitrogens with zero attached hydrogens (tertiary/aromatic N) is 1. The van der Waals surface area contributed by atoms with Gasteiger partial charge in [-0.25, -0.2) is 8.42 Å². The molecule has 1 saturated heterocycles. The van der Waals surface area contributed by atoms with E-state index in [0.717, 1.165) is 19.6 Å². The first-order chi connectivity index (χ1) is 9.17. The first-order valence-electron chi connectivity index (χ1n) is 7.85. The van der Waals surface area contributed by atoms with Crippen molar-refractivity contribution in [3.63, 3.8) is 0 Å². The second kappa shape index (κ2) is 7.23. The molecule has 0 spiro atoms. The molecule has 1 heterocycles. The van der Waals surface area contributed by atoms with Crippen molar-refractivity contribution in [3.05, 3.63) is 0 Å². The summed E-state index contributed by atoms with van der Waals surface area (Å²) in [6.45, 7) is 13.5. The van der Waals surface area contributed by atoms with Gasteiger partial charge in [0.15, 0.2) is 9.84 Å². The van der Waals surface area contributed by atoms with Gasteiger partial charge in [-0.3, -0.25) is 0 Å². The van der Waals surface area contributed by atoms with Crippen LogP contribution >= 0.6 is 0 Å². The number of hydrogen-bond donors (Lipinski definition) is 1. The summed E-state index contributed by atoms with van der Waals surface area (Å²) >= 11 is 0. The number of hydrogen-bond acceptors (Lipinski definition) is 4. The largest absolute Gasteiger partial charge is 0.314 e. The lowest BCUT2D eigenvalue weighted by Gasteiger charge is -2.36. The van der Waals surface area contributed by atoms with Crippen LogP contribution in [0.25, 0.3) is 0 Å². The van der Waals surface area contributed by atoms with Crippen LogP contribution in [0, 0.1) is 5.92 Å². The van der Waals surface area contributed by atoms with Crippen LogP contribution in [0.5, 0.6) is 0 Å². The number of nitrogens with one attached hydrogen (secondary N) is 1. The third-order valence-corrected chi connectivity index (χ3v) is 6.97. The Bertz CT molecular complexity index is 387. The van der Waals surface area contributed by atoms with Gasteiger partial charge in [0.1, 0.15) is 0 Å². The summed E-state index contributed by atoms with van der Waals surface area (Å²) in [6.07, 6.45) is 2.42. The highest BCUT2D eigenvalue weighted by molar-refractivity contribution is 7.92. The molecule has 120 valence electrons. The third-order valence-electron chi connectivity index (χ3n) is 4.38. The van der Waals surface area contributed by atoms with E-state index in [1.54, 1.807) is 20.8 Å². The normalized spacial score (nSPS) is 23.8. The van der Waals surface area contributed by atoms with Crippen LogP contribution in [0.4, 0.5) is 0 Å². The summed E-state index contributed by atoms with van der Waals surface area (Å²) in [6, 6.07) is 0.516. The molecular weight excluding hydrogens is 272 g/mol. The average molecular weight is 305 g/mol. The van der Waals surface area contributed by atoms with Crippen LogP contribution in [0.2, 0.25) is 0 Å². The monoisotopic (exact) mass is 304 g/mol. The minimum absolute atomic E-state index is 0.277. The highest BCUT2D eigenvalue weighted by Gasteiger charge is 2.30. The predicted octanol–water partition coefficient (Wildman–Crippen LogP) is 1.91. The first kappa shape index (κ1) is 17.9. The molecule has 0 aromatic heterocycles. The van der Waals surface area contributed by atoms with E-state index in [9.17, 15) is 8.42 Å². The SMILES string of the molecule is CCNC(C)C1CCCN(CCS(=O)(=O)C(C)(C)C)C1. The average Bonchev–Trinajstić information content (AvgIpc) is 2.36. The van der Waals surface area contributed by atoms with Gasteiger partial charge < -0.3 is 10.2 Å². The van der Waals surface area contributed by atoms with Gasteiger partial charge in [0.2, 0.25) is 0 Å². The molecule has 0 aromatic carbocycles. The molecule has 1 aliphatic rings. The van der Waals surface area contributed by atoms with E-state index in [1.807, 2.05) is 0 Å². The summed E-state index contributed by atoms with van der Waals surface area (Å²) in [7, 11) is -3.00. The van der Waals surface area contributed by atoms with Crippen molar-refractivity contribution in [3.8, 4) is 0 Å². The maximum absolute atomic E-state index is 12.2. The van der Waals surface area contributed by atoms with E-state index in [-0.39, 0.29) is 5.75 Å². The zero-order chi connectivity index (χ0) is 15.4. The zero-order valence-corrected chi connectivity index (χ0v) is 14.6. The number of piperidine rings is 1. The summed E-state index contributed by atoms with van der Waals surface area (Å²) in [5, 5.41) is 3.49. The van der Waals surface area contributed by atoms with Crippen LogP contribution in [-0.4, -0.2) is 56.0 Å². The van der Waals surface area contributed by atoms with Crippen molar-refractivity contribution < 1.29 is 8.42 Å². The highest BCUT2D eigenvalue weighted by atomic mass is 32.2. The Labute approximate surface area is 125 Å². The first-order valence-corrected chi connectivity index (χ1v) is 9.50. The van der Waals surface area contributed by atoms with E-state index in [4.69, 9.17) is 0 Å². The molecule has 0 bridgehead atoms. The molecule has 2 unspecified atom stereocenters. The fourth-order valence-corrected chi connectivity index (χ4v) is 3.86. The molecule has 0 saturated carbocycles. The molecule has 0 aromatic rings. The Hall–Kier alpha value is -0.130. The van der Waals surface area contributed by atoms with Gasteiger partial charge >= 0.3 is 0 Å². The minimum Gasteiger partial charge on any atom is -0.314 e. The number of rotatable bonds is 6. The van der Waals surface area contributed by atoms with Gasteiger partial charge in [-0.05, 0) is 59.5 Å². The van der Waals surface area contributed by atoms with Gasteiger partial charge in [-0.2, -0.15) is 0 Å². The Morgan fingerprint density at radius 1 is 1.35 bits per heavy atom. The van der Waals surface area contributed by atoms with Crippen molar-refractivity contribution in [2.45, 2.75) is 58.2 Å². The van der Waals surface area contributed by atoms with Gasteiger partial charge in [-0.1, -0.05) is 6.92 Å². The molecule has 0 amide bonds. The van der Waals surface area contributed by atoms with Crippen LogP contribution in [-0.2, 0) is 9.84 Å². The molecule has 2 atom stereocenters. The molecular formula is C15H32N2O2S. The number of sulfone groups is 1. The summed E-state index contributed by atoms with van der Waals surface area (Å²) < 4.78 is 23.7. The second-order valence-corrected chi connectivity index (χ2v) is 9.84. The van der Waals surface area contributed by atoms with E-state index in [2.05, 4.69) is 24.1 Å². The summed E-state index contributed by atoms with van der Waals surface area (Å²) in [5.74, 6) is 0.916. The van der Waals surface area contributed by atoms with Crippen LogP contribution in [0.1, 0.15) is 47.5 Å². The topological polar surface area (TPSA) is 49.4 Å². The molecule has 4 nitrogen and oxygen atoms in total. The van der Waals surface area contributed by atoms with Crippen LogP contribution in [0.15, 0.2) is 0 Å². The molecule has 1 rings (SSSR count). The van der Waals surface area contributed by atoms with Crippen molar-refractivity contribution in [1.82, 2.24) is 10.2 Å². The molecule has 1 fully saturated rings. The highest BCUT2D eigenvalue weighted by Crippen LogP contribution is 2.21. The fraction of sp³-hybridized carbons (Fsp3) is 1.00. The molecule has 1 N–H and O–H groups in total. The Morgan fingerprint density at radius 2 is 2.00 bits per heavy atom. The van der Waals surface area contributed by atoms with E-state index < -0.39 is 14.6 Å². The Balaban J connectivity index is 2.49. The maximum atomic E-state index is 12.2. The predicted molar refractivity (Wildman–Crippen MR) is 85.8 cm³/mol. The van der Waals surface area contributed by atoms with E-state index in [0.29, 0.717) is 18.5 Å². The molecule has 1 aliphatic heterocycles. The van der Waals surface area contributed by atoms with E-state index in [1.165, 1.54) is 12.8 Å². The Kier molecular flexibility index (Phi) is 6.48. The lowest BCUT2D eigenvalue weighted by Crippen LogP contribution is -2.46. The fourth-order valence-electron chi connectivity index (χ4n) is 2.75. The Morgan fingerprint density at radius 3 is 2.55 bits per heavy atom. The van der Waals surface area contributed by atoms with Crippen LogP contribution < -0.4 is 5.32 Å².